The number of rotatable bonds is 6. The van der Waals surface area contributed by atoms with Gasteiger partial charge < -0.3 is 15.2 Å². The van der Waals surface area contributed by atoms with Gasteiger partial charge in [-0.05, 0) is 30.5 Å². The summed E-state index contributed by atoms with van der Waals surface area (Å²) in [7, 11) is 0. The number of amides is 1. The van der Waals surface area contributed by atoms with Gasteiger partial charge in [-0.25, -0.2) is 0 Å². The molecule has 0 spiro atoms. The molecule has 2 rings (SSSR count). The Morgan fingerprint density at radius 2 is 2.05 bits per heavy atom. The molecular weight excluding hydrogens is 258 g/mol. The molecule has 0 aromatic heterocycles. The summed E-state index contributed by atoms with van der Waals surface area (Å²) >= 11 is 0. The molecule has 1 fully saturated rings. The molecule has 1 saturated carbocycles. The molecule has 1 aliphatic carbocycles. The molecule has 1 aromatic carbocycles. The Labute approximate surface area is 117 Å². The van der Waals surface area contributed by atoms with Gasteiger partial charge in [-0.15, -0.1) is 0 Å². The van der Waals surface area contributed by atoms with E-state index in [9.17, 15) is 9.59 Å². The van der Waals surface area contributed by atoms with E-state index in [1.165, 1.54) is 12.8 Å². The molecular formula is C15H19NO4. The quantitative estimate of drug-likeness (QED) is 0.830. The summed E-state index contributed by atoms with van der Waals surface area (Å²) in [5.74, 6) is -0.494. The Bertz CT molecular complexity index is 481. The average molecular weight is 277 g/mol. The molecule has 1 aromatic rings. The van der Waals surface area contributed by atoms with Crippen LogP contribution in [0.15, 0.2) is 24.3 Å². The first-order valence-corrected chi connectivity index (χ1v) is 6.86. The molecule has 0 atom stereocenters. The SMILES string of the molecule is O=C(O)Cc1cccc(OCC(=O)NC2CCCC2)c1. The number of carbonyl (C=O) groups is 2. The normalized spacial score (nSPS) is 15.0. The zero-order chi connectivity index (χ0) is 14.4. The van der Waals surface area contributed by atoms with Crippen molar-refractivity contribution in [2.75, 3.05) is 6.61 Å². The first-order valence-electron chi connectivity index (χ1n) is 6.86. The molecule has 0 unspecified atom stereocenters. The smallest absolute Gasteiger partial charge is 0.307 e. The highest BCUT2D eigenvalue weighted by Gasteiger charge is 2.17. The molecule has 5 nitrogen and oxygen atoms in total. The molecule has 2 N–H and O–H groups in total. The van der Waals surface area contributed by atoms with E-state index in [1.54, 1.807) is 24.3 Å². The summed E-state index contributed by atoms with van der Waals surface area (Å²) in [6.07, 6.45) is 4.37. The van der Waals surface area contributed by atoms with E-state index in [2.05, 4.69) is 5.32 Å². The van der Waals surface area contributed by atoms with E-state index >= 15 is 0 Å². The van der Waals surface area contributed by atoms with Gasteiger partial charge in [0.25, 0.3) is 5.91 Å². The van der Waals surface area contributed by atoms with Gasteiger partial charge in [0, 0.05) is 6.04 Å². The minimum Gasteiger partial charge on any atom is -0.484 e. The predicted molar refractivity (Wildman–Crippen MR) is 73.7 cm³/mol. The Morgan fingerprint density at radius 3 is 2.75 bits per heavy atom. The second-order valence-corrected chi connectivity index (χ2v) is 5.06. The Balaban J connectivity index is 1.80. The highest BCUT2D eigenvalue weighted by Crippen LogP contribution is 2.17. The van der Waals surface area contributed by atoms with Crippen LogP contribution in [0.25, 0.3) is 0 Å². The van der Waals surface area contributed by atoms with Gasteiger partial charge in [0.15, 0.2) is 6.61 Å². The summed E-state index contributed by atoms with van der Waals surface area (Å²) < 4.78 is 5.40. The Kier molecular flexibility index (Phi) is 4.98. The van der Waals surface area contributed by atoms with Crippen molar-refractivity contribution in [2.45, 2.75) is 38.1 Å². The largest absolute Gasteiger partial charge is 0.484 e. The Morgan fingerprint density at radius 1 is 1.30 bits per heavy atom. The lowest BCUT2D eigenvalue weighted by molar-refractivity contribution is -0.136. The van der Waals surface area contributed by atoms with E-state index in [1.807, 2.05) is 0 Å². The molecule has 0 radical (unpaired) electrons. The minimum absolute atomic E-state index is 0.0347. The third-order valence-corrected chi connectivity index (χ3v) is 3.34. The summed E-state index contributed by atoms with van der Waals surface area (Å²) in [6.45, 7) is -0.0347. The number of benzene rings is 1. The fourth-order valence-corrected chi connectivity index (χ4v) is 2.41. The molecule has 0 aliphatic heterocycles. The lowest BCUT2D eigenvalue weighted by atomic mass is 10.1. The number of aliphatic carboxylic acids is 1. The van der Waals surface area contributed by atoms with Gasteiger partial charge in [-0.3, -0.25) is 9.59 Å². The molecule has 20 heavy (non-hydrogen) atoms. The van der Waals surface area contributed by atoms with Crippen LogP contribution in [0.3, 0.4) is 0 Å². The monoisotopic (exact) mass is 277 g/mol. The highest BCUT2D eigenvalue weighted by molar-refractivity contribution is 5.77. The van der Waals surface area contributed by atoms with Crippen molar-refractivity contribution in [1.29, 1.82) is 0 Å². The van der Waals surface area contributed by atoms with Crippen LogP contribution in [0.2, 0.25) is 0 Å². The van der Waals surface area contributed by atoms with Crippen LogP contribution in [0.4, 0.5) is 0 Å². The van der Waals surface area contributed by atoms with E-state index in [0.717, 1.165) is 12.8 Å². The van der Waals surface area contributed by atoms with Gasteiger partial charge in [0.2, 0.25) is 0 Å². The average Bonchev–Trinajstić information content (AvgIpc) is 2.89. The van der Waals surface area contributed by atoms with Crippen molar-refractivity contribution in [3.8, 4) is 5.75 Å². The summed E-state index contributed by atoms with van der Waals surface area (Å²) in [4.78, 5) is 22.3. The standard InChI is InChI=1S/C15H19NO4/c17-14(16-12-5-1-2-6-12)10-20-13-7-3-4-11(8-13)9-15(18)19/h3-4,7-8,12H,1-2,5-6,9-10H2,(H,16,17)(H,18,19). The minimum atomic E-state index is -0.888. The zero-order valence-electron chi connectivity index (χ0n) is 11.3. The summed E-state index contributed by atoms with van der Waals surface area (Å²) in [5, 5.41) is 11.7. The van der Waals surface area contributed by atoms with Gasteiger partial charge >= 0.3 is 5.97 Å². The third-order valence-electron chi connectivity index (χ3n) is 3.34. The van der Waals surface area contributed by atoms with Gasteiger partial charge in [0.05, 0.1) is 6.42 Å². The molecule has 1 aliphatic rings. The van der Waals surface area contributed by atoms with Gasteiger partial charge in [0.1, 0.15) is 5.75 Å². The molecule has 0 bridgehead atoms. The number of ether oxygens (including phenoxy) is 1. The predicted octanol–water partition coefficient (Wildman–Crippen LogP) is 1.75. The van der Waals surface area contributed by atoms with Crippen LogP contribution < -0.4 is 10.1 Å². The molecule has 108 valence electrons. The van der Waals surface area contributed by atoms with Crippen LogP contribution in [0.1, 0.15) is 31.2 Å². The van der Waals surface area contributed by atoms with E-state index < -0.39 is 5.97 Å². The lowest BCUT2D eigenvalue weighted by Crippen LogP contribution is -2.36. The fraction of sp³-hybridized carbons (Fsp3) is 0.467. The fourth-order valence-electron chi connectivity index (χ4n) is 2.41. The highest BCUT2D eigenvalue weighted by atomic mass is 16.5. The van der Waals surface area contributed by atoms with Crippen molar-refractivity contribution >= 4 is 11.9 Å². The number of hydrogen-bond acceptors (Lipinski definition) is 3. The van der Waals surface area contributed by atoms with Crippen molar-refractivity contribution in [2.24, 2.45) is 0 Å². The Hall–Kier alpha value is -2.04. The van der Waals surface area contributed by atoms with Crippen LogP contribution in [-0.2, 0) is 16.0 Å². The molecule has 0 heterocycles. The number of carboxylic acid groups (broad SMARTS) is 1. The lowest BCUT2D eigenvalue weighted by Gasteiger charge is -2.12. The van der Waals surface area contributed by atoms with E-state index in [-0.39, 0.29) is 25.0 Å². The number of nitrogens with one attached hydrogen (secondary N) is 1. The van der Waals surface area contributed by atoms with Gasteiger partial charge in [-0.2, -0.15) is 0 Å². The molecule has 5 heteroatoms. The second-order valence-electron chi connectivity index (χ2n) is 5.06. The second kappa shape index (κ2) is 6.93. The number of carboxylic acids is 1. The molecule has 0 saturated heterocycles. The number of hydrogen-bond donors (Lipinski definition) is 2. The summed E-state index contributed by atoms with van der Waals surface area (Å²) in [5.41, 5.74) is 0.659. The van der Waals surface area contributed by atoms with Crippen LogP contribution in [-0.4, -0.2) is 29.6 Å². The van der Waals surface area contributed by atoms with Crippen LogP contribution in [0, 0.1) is 0 Å². The molecule has 1 amide bonds. The first kappa shape index (κ1) is 14.4. The van der Waals surface area contributed by atoms with Crippen LogP contribution in [0.5, 0.6) is 5.75 Å². The van der Waals surface area contributed by atoms with Crippen molar-refractivity contribution in [3.63, 3.8) is 0 Å². The van der Waals surface area contributed by atoms with Crippen molar-refractivity contribution in [1.82, 2.24) is 5.32 Å². The van der Waals surface area contributed by atoms with E-state index in [4.69, 9.17) is 9.84 Å². The zero-order valence-corrected chi connectivity index (χ0v) is 11.3. The van der Waals surface area contributed by atoms with E-state index in [0.29, 0.717) is 11.3 Å². The first-order chi connectivity index (χ1) is 9.63. The maximum absolute atomic E-state index is 11.7. The van der Waals surface area contributed by atoms with Crippen LogP contribution >= 0.6 is 0 Å². The van der Waals surface area contributed by atoms with Gasteiger partial charge in [-0.1, -0.05) is 25.0 Å². The third kappa shape index (κ3) is 4.57. The van der Waals surface area contributed by atoms with Crippen molar-refractivity contribution < 1.29 is 19.4 Å². The maximum Gasteiger partial charge on any atom is 0.307 e. The number of carbonyl (C=O) groups excluding carboxylic acids is 1. The topological polar surface area (TPSA) is 75.6 Å². The van der Waals surface area contributed by atoms with Crippen molar-refractivity contribution in [3.05, 3.63) is 29.8 Å². The summed E-state index contributed by atoms with van der Waals surface area (Å²) in [6, 6.07) is 7.09. The maximum atomic E-state index is 11.7.